The molecule has 1 atom stereocenters. The van der Waals surface area contributed by atoms with Crippen LogP contribution in [0.5, 0.6) is 0 Å². The summed E-state index contributed by atoms with van der Waals surface area (Å²) < 4.78 is 0. The quantitative estimate of drug-likeness (QED) is 0.312. The van der Waals surface area contributed by atoms with Crippen molar-refractivity contribution >= 4 is 14.7 Å². The Hall–Kier alpha value is 0.631. The molecule has 0 heterocycles. The van der Waals surface area contributed by atoms with Crippen molar-refractivity contribution in [2.45, 2.75) is 70.8 Å². The number of halogens is 3. The smallest absolute Gasteiger partial charge is 1.00 e. The van der Waals surface area contributed by atoms with E-state index in [0.717, 1.165) is 5.92 Å². The predicted molar refractivity (Wildman–Crippen MR) is 101 cm³/mol. The first-order valence-corrected chi connectivity index (χ1v) is 10.6. The summed E-state index contributed by atoms with van der Waals surface area (Å²) in [5.74, 6) is 0.981. The van der Waals surface area contributed by atoms with E-state index < -0.39 is 0 Å². The van der Waals surface area contributed by atoms with Gasteiger partial charge in [0.05, 0.1) is 0 Å². The average molecular weight is 466 g/mol. The molecule has 0 aromatic heterocycles. The molecule has 0 nitrogen and oxygen atoms in total. The molecule has 1 unspecified atom stereocenters. The van der Waals surface area contributed by atoms with E-state index in [4.69, 9.17) is 0 Å². The van der Waals surface area contributed by atoms with Crippen LogP contribution in [0, 0.1) is 26.7 Å². The largest absolute Gasteiger partial charge is 4.00 e. The van der Waals surface area contributed by atoms with Crippen LogP contribution >= 0.6 is 0 Å². The van der Waals surface area contributed by atoms with Crippen LogP contribution in [0.2, 0.25) is 5.04 Å². The van der Waals surface area contributed by atoms with Gasteiger partial charge in [-0.15, -0.1) is 0 Å². The maximum atomic E-state index is 2.59. The molecule has 0 saturated heterocycles. The molecule has 0 radical (unpaired) electrons. The minimum atomic E-state index is -0.284. The fourth-order valence-electron chi connectivity index (χ4n) is 4.71. The molecule has 5 heteroatoms. The van der Waals surface area contributed by atoms with E-state index in [-0.39, 0.29) is 68.5 Å². The van der Waals surface area contributed by atoms with Gasteiger partial charge in [0, 0.05) is 9.52 Å². The van der Waals surface area contributed by atoms with Crippen molar-refractivity contribution in [3.8, 4) is 0 Å². The van der Waals surface area contributed by atoms with Crippen molar-refractivity contribution in [1.82, 2.24) is 0 Å². The van der Waals surface area contributed by atoms with E-state index in [0.29, 0.717) is 5.04 Å². The monoisotopic (exact) mass is 464 g/mol. The Balaban J connectivity index is 0. The zero-order chi connectivity index (χ0) is 15.6. The number of rotatable bonds is 4. The van der Waals surface area contributed by atoms with Gasteiger partial charge in [-0.2, -0.15) is 21.9 Å². The first-order chi connectivity index (χ1) is 10.6. The molecule has 1 aromatic carbocycles. The fourth-order valence-corrected chi connectivity index (χ4v) is 7.45. The van der Waals surface area contributed by atoms with Crippen molar-refractivity contribution in [3.63, 3.8) is 0 Å². The summed E-state index contributed by atoms with van der Waals surface area (Å²) in [5.41, 5.74) is 4.66. The van der Waals surface area contributed by atoms with Crippen LogP contribution in [-0.2, 0) is 21.7 Å². The van der Waals surface area contributed by atoms with Crippen molar-refractivity contribution in [1.29, 1.82) is 0 Å². The molecule has 0 amide bonds. The van der Waals surface area contributed by atoms with Crippen molar-refractivity contribution in [3.05, 3.63) is 47.1 Å². The molecule has 2 aliphatic carbocycles. The van der Waals surface area contributed by atoms with Crippen molar-refractivity contribution in [2.24, 2.45) is 5.92 Å². The molecule has 0 N–H and O–H groups in total. The van der Waals surface area contributed by atoms with Gasteiger partial charge in [-0.3, -0.25) is 0 Å². The van der Waals surface area contributed by atoms with Crippen molar-refractivity contribution < 1.29 is 58.9 Å². The molecule has 0 spiro atoms. The third-order valence-corrected chi connectivity index (χ3v) is 9.08. The maximum absolute atomic E-state index is 2.59. The Morgan fingerprint density at radius 2 is 1.69 bits per heavy atom. The zero-order valence-corrected chi connectivity index (χ0v) is 21.5. The standard InChI is InChI=1S/C21H31Si.3ClH.Ti/c1-16-14-17(2)20(18(16)3)22-21(12-8-5-9-13-21)15-19-10-6-4-7-11-19;;;;/h5,8-9,12,14,19H,4,6-7,10-11,13,15,22H2,1-3H3;3*1H;/q-1;;;;+4/p-3. The summed E-state index contributed by atoms with van der Waals surface area (Å²) in [6.45, 7) is 6.96. The van der Waals surface area contributed by atoms with Gasteiger partial charge < -0.3 is 37.2 Å². The molecule has 26 heavy (non-hydrogen) atoms. The molecular formula is C21H31Cl3SiTi. The summed E-state index contributed by atoms with van der Waals surface area (Å²) in [5, 5.41) is 2.26. The second-order valence-electron chi connectivity index (χ2n) is 7.85. The molecule has 3 rings (SSSR count). The van der Waals surface area contributed by atoms with Gasteiger partial charge >= 0.3 is 21.7 Å². The van der Waals surface area contributed by atoms with Gasteiger partial charge in [0.25, 0.3) is 0 Å². The van der Waals surface area contributed by atoms with E-state index >= 15 is 0 Å². The van der Waals surface area contributed by atoms with Crippen molar-refractivity contribution in [2.75, 3.05) is 0 Å². The fraction of sp³-hybridized carbons (Fsp3) is 0.571. The molecular weight excluding hydrogens is 435 g/mol. The first kappa shape index (κ1) is 28.8. The molecule has 144 valence electrons. The van der Waals surface area contributed by atoms with Crippen LogP contribution in [0.1, 0.15) is 61.6 Å². The topological polar surface area (TPSA) is 0 Å². The van der Waals surface area contributed by atoms with Crippen LogP contribution in [0.3, 0.4) is 0 Å². The Morgan fingerprint density at radius 1 is 1.04 bits per heavy atom. The summed E-state index contributed by atoms with van der Waals surface area (Å²) in [4.78, 5) is 0. The van der Waals surface area contributed by atoms with Gasteiger partial charge in [-0.05, 0) is 23.8 Å². The maximum Gasteiger partial charge on any atom is 4.00 e. The molecule has 1 fully saturated rings. The van der Waals surface area contributed by atoms with Gasteiger partial charge in [0.2, 0.25) is 0 Å². The van der Waals surface area contributed by atoms with E-state index in [1.807, 2.05) is 0 Å². The summed E-state index contributed by atoms with van der Waals surface area (Å²) in [7, 11) is -0.284. The normalized spacial score (nSPS) is 22.3. The Bertz CT molecular complexity index is 588. The van der Waals surface area contributed by atoms with Crippen LogP contribution < -0.4 is 42.4 Å². The second kappa shape index (κ2) is 13.0. The van der Waals surface area contributed by atoms with E-state index in [2.05, 4.69) is 51.1 Å². The third-order valence-electron chi connectivity index (χ3n) is 6.12. The van der Waals surface area contributed by atoms with Crippen LogP contribution in [-0.4, -0.2) is 9.52 Å². The van der Waals surface area contributed by atoms with Gasteiger partial charge in [0.15, 0.2) is 0 Å². The number of allylic oxidation sites excluding steroid dienone is 4. The SMILES string of the molecule is Cc1cc(C)[c-]([SiH2]C2(CC3CCCCC3)C=CC=CC2)c1C.[Cl-].[Cl-].[Cl-].[Ti+4]. The summed E-state index contributed by atoms with van der Waals surface area (Å²) >= 11 is 0. The number of aryl methyl sites for hydroxylation is 2. The van der Waals surface area contributed by atoms with E-state index in [1.54, 1.807) is 16.3 Å². The summed E-state index contributed by atoms with van der Waals surface area (Å²) in [6, 6.07) is 2.41. The van der Waals surface area contributed by atoms with E-state index in [1.165, 1.54) is 50.5 Å². The third kappa shape index (κ3) is 6.91. The molecule has 1 aromatic rings. The van der Waals surface area contributed by atoms with E-state index in [9.17, 15) is 0 Å². The zero-order valence-electron chi connectivity index (χ0n) is 16.3. The van der Waals surface area contributed by atoms with Gasteiger partial charge in [0.1, 0.15) is 0 Å². The minimum absolute atomic E-state index is 0. The van der Waals surface area contributed by atoms with Crippen LogP contribution in [0.15, 0.2) is 30.4 Å². The molecule has 2 aliphatic rings. The Labute approximate surface area is 196 Å². The number of hydrogen-bond acceptors (Lipinski definition) is 0. The van der Waals surface area contributed by atoms with Gasteiger partial charge in [-0.25, -0.2) is 6.07 Å². The Kier molecular flexibility index (Phi) is 14.4. The summed E-state index contributed by atoms with van der Waals surface area (Å²) in [6.07, 6.45) is 19.7. The first-order valence-electron chi connectivity index (χ1n) is 9.16. The molecule has 0 aliphatic heterocycles. The van der Waals surface area contributed by atoms with Crippen LogP contribution in [0.4, 0.5) is 0 Å². The van der Waals surface area contributed by atoms with Crippen LogP contribution in [0.25, 0.3) is 0 Å². The minimum Gasteiger partial charge on any atom is -1.00 e. The average Bonchev–Trinajstić information content (AvgIpc) is 2.75. The number of hydrogen-bond donors (Lipinski definition) is 0. The predicted octanol–water partition coefficient (Wildman–Crippen LogP) is -4.22. The molecule has 0 bridgehead atoms. The molecule has 1 saturated carbocycles. The second-order valence-corrected chi connectivity index (χ2v) is 10.3. The Morgan fingerprint density at radius 3 is 2.19 bits per heavy atom. The van der Waals surface area contributed by atoms with Gasteiger partial charge in [-0.1, -0.05) is 77.2 Å².